The molecule has 0 aliphatic rings. The zero-order valence-corrected chi connectivity index (χ0v) is 18.0. The lowest BCUT2D eigenvalue weighted by Crippen LogP contribution is -2.11. The zero-order valence-electron chi connectivity index (χ0n) is 14.3. The summed E-state index contributed by atoms with van der Waals surface area (Å²) in [5, 5.41) is 7.64. The first-order valence-corrected chi connectivity index (χ1v) is 9.93. The topological polar surface area (TPSA) is 80.1 Å². The van der Waals surface area contributed by atoms with Gasteiger partial charge < -0.3 is 4.84 Å². The molecule has 3 rings (SSSR count). The van der Waals surface area contributed by atoms with Crippen LogP contribution >= 0.6 is 38.5 Å². The van der Waals surface area contributed by atoms with Gasteiger partial charge >= 0.3 is 5.97 Å². The SMILES string of the molecule is O=C(N=Nc1ccc(NOC(=O)c2ccccc2I)cc1)c1ccc(Br)cc1. The number of rotatable bonds is 5. The van der Waals surface area contributed by atoms with Crippen LogP contribution in [0.25, 0.3) is 0 Å². The lowest BCUT2D eigenvalue weighted by Gasteiger charge is -2.07. The Kier molecular flexibility index (Phi) is 6.88. The number of hydrogen-bond acceptors (Lipinski definition) is 5. The standard InChI is InChI=1S/C20H13BrIN3O3/c21-14-7-5-13(6-8-14)19(26)24-23-15-9-11-16(12-10-15)25-28-20(27)17-3-1-2-4-18(17)22/h1-12,25H. The Morgan fingerprint density at radius 3 is 2.29 bits per heavy atom. The molecule has 0 saturated heterocycles. The summed E-state index contributed by atoms with van der Waals surface area (Å²) < 4.78 is 1.69. The Balaban J connectivity index is 1.57. The molecule has 0 saturated carbocycles. The molecule has 1 N–H and O–H groups in total. The van der Waals surface area contributed by atoms with Crippen LogP contribution in [0.1, 0.15) is 20.7 Å². The van der Waals surface area contributed by atoms with Gasteiger partial charge in [-0.2, -0.15) is 0 Å². The number of anilines is 1. The molecule has 0 aliphatic carbocycles. The molecule has 0 heterocycles. The van der Waals surface area contributed by atoms with E-state index in [2.05, 4.69) is 54.2 Å². The first-order chi connectivity index (χ1) is 13.5. The predicted octanol–water partition coefficient (Wildman–Crippen LogP) is 6.16. The third kappa shape index (κ3) is 5.46. The lowest BCUT2D eigenvalue weighted by atomic mass is 10.2. The maximum absolute atomic E-state index is 12.1. The van der Waals surface area contributed by atoms with E-state index in [0.717, 1.165) is 8.04 Å². The molecule has 8 heteroatoms. The second-order valence-corrected chi connectivity index (χ2v) is 7.61. The molecule has 0 spiro atoms. The molecule has 0 atom stereocenters. The average molecular weight is 550 g/mol. The van der Waals surface area contributed by atoms with E-state index >= 15 is 0 Å². The number of nitrogens with one attached hydrogen (secondary N) is 1. The van der Waals surface area contributed by atoms with Crippen LogP contribution in [-0.2, 0) is 4.84 Å². The maximum Gasteiger partial charge on any atom is 0.363 e. The van der Waals surface area contributed by atoms with E-state index < -0.39 is 11.9 Å². The van der Waals surface area contributed by atoms with Crippen molar-refractivity contribution in [2.24, 2.45) is 10.2 Å². The van der Waals surface area contributed by atoms with Gasteiger partial charge in [0, 0.05) is 13.6 Å². The van der Waals surface area contributed by atoms with Gasteiger partial charge in [0.2, 0.25) is 0 Å². The summed E-state index contributed by atoms with van der Waals surface area (Å²) in [7, 11) is 0. The van der Waals surface area contributed by atoms with Gasteiger partial charge in [-0.1, -0.05) is 28.1 Å². The number of halogens is 2. The maximum atomic E-state index is 12.1. The van der Waals surface area contributed by atoms with Gasteiger partial charge in [0.05, 0.1) is 16.9 Å². The summed E-state index contributed by atoms with van der Waals surface area (Å²) in [6.07, 6.45) is 0. The summed E-state index contributed by atoms with van der Waals surface area (Å²) in [6, 6.07) is 20.6. The number of hydrogen-bond donors (Lipinski definition) is 1. The van der Waals surface area contributed by atoms with Crippen LogP contribution in [0.4, 0.5) is 11.4 Å². The van der Waals surface area contributed by atoms with Crippen LogP contribution in [0.15, 0.2) is 87.5 Å². The van der Waals surface area contributed by atoms with Gasteiger partial charge in [-0.05, 0) is 83.3 Å². The smallest absolute Gasteiger partial charge is 0.338 e. The van der Waals surface area contributed by atoms with Crippen molar-refractivity contribution in [3.8, 4) is 0 Å². The Morgan fingerprint density at radius 2 is 1.61 bits per heavy atom. The molecule has 6 nitrogen and oxygen atoms in total. The van der Waals surface area contributed by atoms with Crippen molar-refractivity contribution < 1.29 is 14.4 Å². The molecule has 28 heavy (non-hydrogen) atoms. The Hall–Kier alpha value is -2.59. The minimum Gasteiger partial charge on any atom is -0.338 e. The Bertz CT molecular complexity index is 1020. The molecular weight excluding hydrogens is 537 g/mol. The lowest BCUT2D eigenvalue weighted by molar-refractivity contribution is 0.0595. The number of benzene rings is 3. The first kappa shape index (κ1) is 20.2. The first-order valence-electron chi connectivity index (χ1n) is 8.06. The number of carbonyl (C=O) groups is 2. The summed E-state index contributed by atoms with van der Waals surface area (Å²) in [6.45, 7) is 0. The molecule has 0 radical (unpaired) electrons. The van der Waals surface area contributed by atoms with Gasteiger partial charge in [-0.25, -0.2) is 10.3 Å². The highest BCUT2D eigenvalue weighted by Gasteiger charge is 2.11. The van der Waals surface area contributed by atoms with E-state index in [1.54, 1.807) is 60.7 Å². The number of amides is 1. The van der Waals surface area contributed by atoms with Crippen LogP contribution in [0.2, 0.25) is 0 Å². The normalized spacial score (nSPS) is 10.6. The molecule has 0 bridgehead atoms. The second kappa shape index (κ2) is 9.56. The van der Waals surface area contributed by atoms with Crippen LogP contribution in [0.5, 0.6) is 0 Å². The highest BCUT2D eigenvalue weighted by Crippen LogP contribution is 2.19. The fraction of sp³-hybridized carbons (Fsp3) is 0. The molecule has 3 aromatic rings. The van der Waals surface area contributed by atoms with Crippen LogP contribution in [0.3, 0.4) is 0 Å². The van der Waals surface area contributed by atoms with Crippen LogP contribution in [-0.4, -0.2) is 11.9 Å². The highest BCUT2D eigenvalue weighted by atomic mass is 127. The second-order valence-electron chi connectivity index (χ2n) is 5.53. The largest absolute Gasteiger partial charge is 0.363 e. The third-order valence-electron chi connectivity index (χ3n) is 3.57. The van der Waals surface area contributed by atoms with E-state index in [0.29, 0.717) is 22.5 Å². The van der Waals surface area contributed by atoms with Crippen molar-refractivity contribution in [3.05, 3.63) is 92.0 Å². The van der Waals surface area contributed by atoms with E-state index in [-0.39, 0.29) is 0 Å². The van der Waals surface area contributed by atoms with Gasteiger partial charge in [0.1, 0.15) is 0 Å². The van der Waals surface area contributed by atoms with Crippen molar-refractivity contribution in [2.75, 3.05) is 5.48 Å². The molecule has 0 aliphatic heterocycles. The monoisotopic (exact) mass is 549 g/mol. The number of nitrogens with zero attached hydrogens (tertiary/aromatic N) is 2. The minimum atomic E-state index is -0.478. The van der Waals surface area contributed by atoms with Crippen molar-refractivity contribution in [1.82, 2.24) is 0 Å². The predicted molar refractivity (Wildman–Crippen MR) is 118 cm³/mol. The molecule has 0 aromatic heterocycles. The van der Waals surface area contributed by atoms with Crippen molar-refractivity contribution in [3.63, 3.8) is 0 Å². The van der Waals surface area contributed by atoms with Gasteiger partial charge in [-0.15, -0.1) is 10.2 Å². The molecule has 1 amide bonds. The molecule has 0 unspecified atom stereocenters. The summed E-state index contributed by atoms with van der Waals surface area (Å²) in [4.78, 5) is 29.2. The van der Waals surface area contributed by atoms with Crippen LogP contribution < -0.4 is 5.48 Å². The molecule has 3 aromatic carbocycles. The van der Waals surface area contributed by atoms with E-state index in [1.807, 2.05) is 12.1 Å². The van der Waals surface area contributed by atoms with Crippen molar-refractivity contribution in [1.29, 1.82) is 0 Å². The van der Waals surface area contributed by atoms with Gasteiger partial charge in [-0.3, -0.25) is 4.79 Å². The number of azo groups is 1. The minimum absolute atomic E-state index is 0.430. The quantitative estimate of drug-likeness (QED) is 0.235. The van der Waals surface area contributed by atoms with E-state index in [9.17, 15) is 9.59 Å². The summed E-state index contributed by atoms with van der Waals surface area (Å²) in [5.74, 6) is -0.907. The van der Waals surface area contributed by atoms with Crippen LogP contribution in [0, 0.1) is 3.57 Å². The molecule has 140 valence electrons. The fourth-order valence-corrected chi connectivity index (χ4v) is 3.01. The number of carbonyl (C=O) groups excluding carboxylic acids is 2. The van der Waals surface area contributed by atoms with E-state index in [4.69, 9.17) is 4.84 Å². The molecule has 0 fully saturated rings. The molecular formula is C20H13BrIN3O3. The zero-order chi connectivity index (χ0) is 19.9. The average Bonchev–Trinajstić information content (AvgIpc) is 2.72. The van der Waals surface area contributed by atoms with Gasteiger partial charge in [0.25, 0.3) is 5.91 Å². The van der Waals surface area contributed by atoms with E-state index in [1.165, 1.54) is 0 Å². The van der Waals surface area contributed by atoms with Gasteiger partial charge in [0.15, 0.2) is 0 Å². The van der Waals surface area contributed by atoms with Crippen molar-refractivity contribution in [2.45, 2.75) is 0 Å². The van der Waals surface area contributed by atoms with Crippen molar-refractivity contribution >= 4 is 61.8 Å². The third-order valence-corrected chi connectivity index (χ3v) is 5.04. The fourth-order valence-electron chi connectivity index (χ4n) is 2.14. The summed E-state index contributed by atoms with van der Waals surface area (Å²) >= 11 is 5.39. The highest BCUT2D eigenvalue weighted by molar-refractivity contribution is 14.1. The Labute approximate surface area is 183 Å². The summed E-state index contributed by atoms with van der Waals surface area (Å²) in [5.41, 5.74) is 4.59. The Morgan fingerprint density at radius 1 is 0.929 bits per heavy atom.